The van der Waals surface area contributed by atoms with Crippen LogP contribution >= 0.6 is 0 Å². The highest BCUT2D eigenvalue weighted by molar-refractivity contribution is 5.96. The molecule has 0 fully saturated rings. The largest absolute Gasteiger partial charge is 0.481 e. The molecule has 1 unspecified atom stereocenters. The summed E-state index contributed by atoms with van der Waals surface area (Å²) >= 11 is 0. The molecule has 2 aromatic carbocycles. The highest BCUT2D eigenvalue weighted by Gasteiger charge is 2.29. The molecular weight excluding hydrogens is 488 g/mol. The summed E-state index contributed by atoms with van der Waals surface area (Å²) in [5, 5.41) is 15.6. The van der Waals surface area contributed by atoms with E-state index in [0.29, 0.717) is 6.42 Å². The van der Waals surface area contributed by atoms with Crippen molar-refractivity contribution >= 4 is 17.8 Å². The molecule has 0 aliphatic rings. The first kappa shape index (κ1) is 32.1. The van der Waals surface area contributed by atoms with Crippen LogP contribution < -0.4 is 10.6 Å². The first-order chi connectivity index (χ1) is 18.7. The number of benzene rings is 2. The molecule has 0 saturated heterocycles. The van der Waals surface area contributed by atoms with Crippen molar-refractivity contribution in [1.29, 1.82) is 0 Å². The maximum Gasteiger partial charge on any atom is 0.316 e. The predicted octanol–water partition coefficient (Wildman–Crippen LogP) is 7.05. The van der Waals surface area contributed by atoms with Crippen LogP contribution in [0.2, 0.25) is 0 Å². The second-order valence-electron chi connectivity index (χ2n) is 11.4. The number of amides is 2. The molecule has 0 bridgehead atoms. The molecule has 1 atom stereocenters. The van der Waals surface area contributed by atoms with Crippen molar-refractivity contribution in [3.8, 4) is 0 Å². The van der Waals surface area contributed by atoms with Crippen LogP contribution in [0.3, 0.4) is 0 Å². The van der Waals surface area contributed by atoms with Gasteiger partial charge in [-0.05, 0) is 23.0 Å². The van der Waals surface area contributed by atoms with Gasteiger partial charge in [-0.25, -0.2) is 0 Å². The van der Waals surface area contributed by atoms with Gasteiger partial charge in [0.05, 0.1) is 6.04 Å². The normalized spacial score (nSPS) is 12.2. The fraction of sp³-hybridized carbons (Fsp3) is 0.545. The average molecular weight is 537 g/mol. The van der Waals surface area contributed by atoms with Crippen LogP contribution in [0.5, 0.6) is 0 Å². The summed E-state index contributed by atoms with van der Waals surface area (Å²) in [7, 11) is 0. The minimum atomic E-state index is -1.09. The van der Waals surface area contributed by atoms with Gasteiger partial charge in [0.1, 0.15) is 5.92 Å². The number of carboxylic acid groups (broad SMARTS) is 1. The van der Waals surface area contributed by atoms with Crippen molar-refractivity contribution in [3.05, 3.63) is 71.8 Å². The maximum atomic E-state index is 13.1. The van der Waals surface area contributed by atoms with Gasteiger partial charge in [0.15, 0.2) is 0 Å². The second-order valence-corrected chi connectivity index (χ2v) is 11.4. The molecule has 2 amide bonds. The van der Waals surface area contributed by atoms with Gasteiger partial charge in [-0.1, -0.05) is 139 Å². The van der Waals surface area contributed by atoms with Gasteiger partial charge in [-0.2, -0.15) is 0 Å². The van der Waals surface area contributed by atoms with Gasteiger partial charge in [0, 0.05) is 13.0 Å². The molecule has 0 spiro atoms. The Labute approximate surface area is 235 Å². The molecular formula is C33H48N2O4. The van der Waals surface area contributed by atoms with E-state index in [1.165, 1.54) is 38.5 Å². The predicted molar refractivity (Wildman–Crippen MR) is 157 cm³/mol. The van der Waals surface area contributed by atoms with Gasteiger partial charge in [0.25, 0.3) is 0 Å². The lowest BCUT2D eigenvalue weighted by Gasteiger charge is -2.27. The van der Waals surface area contributed by atoms with E-state index in [2.05, 4.69) is 17.6 Å². The van der Waals surface area contributed by atoms with Crippen LogP contribution in [-0.2, 0) is 14.4 Å². The zero-order chi connectivity index (χ0) is 28.5. The van der Waals surface area contributed by atoms with Crippen molar-refractivity contribution in [3.63, 3.8) is 0 Å². The Morgan fingerprint density at radius 1 is 0.769 bits per heavy atom. The third kappa shape index (κ3) is 12.5. The summed E-state index contributed by atoms with van der Waals surface area (Å²) in [5.41, 5.74) is 1.44. The lowest BCUT2D eigenvalue weighted by atomic mass is 9.88. The summed E-state index contributed by atoms with van der Waals surface area (Å²) in [6.07, 6.45) is 10.8. The summed E-state index contributed by atoms with van der Waals surface area (Å²) in [6.45, 7) is 6.25. The molecule has 6 heteroatoms. The SMILES string of the molecule is CCCCCCCCCCCC(C(=O)O)C(=O)NCC(C)(C)CC(=O)NC(c1ccccc1)c1ccccc1. The Kier molecular flexibility index (Phi) is 14.3. The number of hydrogen-bond acceptors (Lipinski definition) is 3. The van der Waals surface area contributed by atoms with Crippen LogP contribution in [0, 0.1) is 11.3 Å². The van der Waals surface area contributed by atoms with Crippen molar-refractivity contribution in [1.82, 2.24) is 10.6 Å². The lowest BCUT2D eigenvalue weighted by Crippen LogP contribution is -2.42. The van der Waals surface area contributed by atoms with Gasteiger partial charge in [-0.15, -0.1) is 0 Å². The number of carbonyl (C=O) groups excluding carboxylic acids is 2. The van der Waals surface area contributed by atoms with E-state index in [-0.39, 0.29) is 24.9 Å². The van der Waals surface area contributed by atoms with E-state index in [4.69, 9.17) is 0 Å². The van der Waals surface area contributed by atoms with E-state index in [9.17, 15) is 19.5 Å². The molecule has 2 rings (SSSR count). The van der Waals surface area contributed by atoms with Crippen molar-refractivity contribution in [2.75, 3.05) is 6.54 Å². The summed E-state index contributed by atoms with van der Waals surface area (Å²) in [6, 6.07) is 19.4. The van der Waals surface area contributed by atoms with E-state index in [0.717, 1.165) is 30.4 Å². The Morgan fingerprint density at radius 2 is 1.26 bits per heavy atom. The van der Waals surface area contributed by atoms with Crippen LogP contribution in [0.4, 0.5) is 0 Å². The fourth-order valence-corrected chi connectivity index (χ4v) is 4.83. The minimum Gasteiger partial charge on any atom is -0.481 e. The third-order valence-electron chi connectivity index (χ3n) is 7.16. The quantitative estimate of drug-likeness (QED) is 0.132. The molecule has 0 saturated carbocycles. The first-order valence-corrected chi connectivity index (χ1v) is 14.6. The van der Waals surface area contributed by atoms with Gasteiger partial charge < -0.3 is 15.7 Å². The monoisotopic (exact) mass is 536 g/mol. The molecule has 6 nitrogen and oxygen atoms in total. The smallest absolute Gasteiger partial charge is 0.316 e. The number of carboxylic acids is 1. The summed E-state index contributed by atoms with van der Waals surface area (Å²) in [4.78, 5) is 37.6. The molecule has 2 aromatic rings. The van der Waals surface area contributed by atoms with Crippen LogP contribution in [0.25, 0.3) is 0 Å². The number of hydrogen-bond donors (Lipinski definition) is 3. The van der Waals surface area contributed by atoms with E-state index >= 15 is 0 Å². The third-order valence-corrected chi connectivity index (χ3v) is 7.16. The van der Waals surface area contributed by atoms with E-state index in [1.54, 1.807) is 0 Å². The average Bonchev–Trinajstić information content (AvgIpc) is 2.92. The second kappa shape index (κ2) is 17.4. The standard InChI is InChI=1S/C33H48N2O4/c1-4-5-6-7-8-9-10-11-18-23-28(32(38)39)31(37)34-25-33(2,3)24-29(36)35-30(26-19-14-12-15-20-26)27-21-16-13-17-22-27/h12-17,19-22,28,30H,4-11,18,23-25H2,1-3H3,(H,34,37)(H,35,36)(H,38,39). The molecule has 0 aliphatic carbocycles. The van der Waals surface area contributed by atoms with Crippen molar-refractivity contribution in [2.24, 2.45) is 11.3 Å². The Hall–Kier alpha value is -3.15. The number of rotatable bonds is 19. The molecule has 0 heterocycles. The highest BCUT2D eigenvalue weighted by Crippen LogP contribution is 2.25. The zero-order valence-corrected chi connectivity index (χ0v) is 24.1. The Balaban J connectivity index is 1.82. The minimum absolute atomic E-state index is 0.128. The summed E-state index contributed by atoms with van der Waals surface area (Å²) < 4.78 is 0. The first-order valence-electron chi connectivity index (χ1n) is 14.6. The molecule has 214 valence electrons. The molecule has 0 aromatic heterocycles. The van der Waals surface area contributed by atoms with Crippen LogP contribution in [-0.4, -0.2) is 29.4 Å². The van der Waals surface area contributed by atoms with Crippen molar-refractivity contribution < 1.29 is 19.5 Å². The number of carbonyl (C=O) groups is 3. The van der Waals surface area contributed by atoms with Crippen molar-refractivity contribution in [2.45, 2.75) is 97.4 Å². The molecule has 39 heavy (non-hydrogen) atoms. The molecule has 0 radical (unpaired) electrons. The van der Waals surface area contributed by atoms with Crippen LogP contribution in [0.15, 0.2) is 60.7 Å². The van der Waals surface area contributed by atoms with Gasteiger partial charge >= 0.3 is 5.97 Å². The van der Waals surface area contributed by atoms with Gasteiger partial charge in [0.2, 0.25) is 11.8 Å². The maximum absolute atomic E-state index is 13.1. The number of aliphatic carboxylic acids is 1. The number of nitrogens with one attached hydrogen (secondary N) is 2. The highest BCUT2D eigenvalue weighted by atomic mass is 16.4. The lowest BCUT2D eigenvalue weighted by molar-refractivity contribution is -0.147. The zero-order valence-electron chi connectivity index (χ0n) is 24.1. The van der Waals surface area contributed by atoms with Gasteiger partial charge in [-0.3, -0.25) is 14.4 Å². The Bertz CT molecular complexity index is 952. The molecule has 3 N–H and O–H groups in total. The fourth-order valence-electron chi connectivity index (χ4n) is 4.83. The summed E-state index contributed by atoms with van der Waals surface area (Å²) in [5.74, 6) is -2.74. The Morgan fingerprint density at radius 3 is 1.74 bits per heavy atom. The van der Waals surface area contributed by atoms with E-state index < -0.39 is 23.2 Å². The van der Waals surface area contributed by atoms with E-state index in [1.807, 2.05) is 74.5 Å². The van der Waals surface area contributed by atoms with Crippen LogP contribution in [0.1, 0.15) is 109 Å². The molecule has 0 aliphatic heterocycles. The number of unbranched alkanes of at least 4 members (excludes halogenated alkanes) is 8. The topological polar surface area (TPSA) is 95.5 Å².